The molecule has 4 fully saturated rings. The van der Waals surface area contributed by atoms with E-state index in [2.05, 4.69) is 0 Å². The van der Waals surface area contributed by atoms with Crippen LogP contribution in [0.3, 0.4) is 0 Å². The van der Waals surface area contributed by atoms with Gasteiger partial charge in [-0.1, -0.05) is 0 Å². The maximum Gasteiger partial charge on any atom is 0.309 e. The van der Waals surface area contributed by atoms with Gasteiger partial charge in [0.1, 0.15) is 18.3 Å². The molecule has 8 unspecified atom stereocenters. The Morgan fingerprint density at radius 3 is 1.76 bits per heavy atom. The van der Waals surface area contributed by atoms with E-state index in [9.17, 15) is 45.6 Å². The SMILES string of the molecule is O=C(OC1CC(O)C2C[C@@H](O)[C@H](C3CC(O)C(O)C(O)C3)OC2C1)C1CC(O)C(O)C(O)C1. The number of aliphatic hydroxyl groups excluding tert-OH is 8. The van der Waals surface area contributed by atoms with Crippen molar-refractivity contribution in [2.45, 2.75) is 112 Å². The zero-order valence-corrected chi connectivity index (χ0v) is 18.3. The van der Waals surface area contributed by atoms with E-state index < -0.39 is 79.0 Å². The Labute approximate surface area is 191 Å². The van der Waals surface area contributed by atoms with Crippen LogP contribution >= 0.6 is 0 Å². The summed E-state index contributed by atoms with van der Waals surface area (Å²) in [6, 6.07) is 0. The Balaban J connectivity index is 1.37. The molecule has 11 nitrogen and oxygen atoms in total. The van der Waals surface area contributed by atoms with Crippen LogP contribution in [0.4, 0.5) is 0 Å². The van der Waals surface area contributed by atoms with Crippen LogP contribution in [0, 0.1) is 17.8 Å². The van der Waals surface area contributed by atoms with Gasteiger partial charge in [-0.05, 0) is 38.0 Å². The zero-order chi connectivity index (χ0) is 24.0. The summed E-state index contributed by atoms with van der Waals surface area (Å²) in [6.45, 7) is 0. The van der Waals surface area contributed by atoms with E-state index in [1.807, 2.05) is 0 Å². The fourth-order valence-corrected chi connectivity index (χ4v) is 6.10. The summed E-state index contributed by atoms with van der Waals surface area (Å²) in [7, 11) is 0. The van der Waals surface area contributed by atoms with E-state index in [4.69, 9.17) is 9.47 Å². The summed E-state index contributed by atoms with van der Waals surface area (Å²) in [5.41, 5.74) is 0. The van der Waals surface area contributed by atoms with Crippen LogP contribution in [0.25, 0.3) is 0 Å². The second kappa shape index (κ2) is 10.00. The van der Waals surface area contributed by atoms with E-state index in [-0.39, 0.29) is 56.8 Å². The van der Waals surface area contributed by atoms with Crippen LogP contribution in [0.1, 0.15) is 44.9 Å². The Hall–Kier alpha value is -0.890. The molecule has 10 atom stereocenters. The van der Waals surface area contributed by atoms with Crippen molar-refractivity contribution in [1.82, 2.24) is 0 Å². The van der Waals surface area contributed by atoms with Crippen LogP contribution < -0.4 is 0 Å². The maximum absolute atomic E-state index is 12.6. The molecule has 1 heterocycles. The monoisotopic (exact) mass is 476 g/mol. The molecule has 3 aliphatic carbocycles. The normalized spacial score (nSPS) is 53.2. The quantitative estimate of drug-likeness (QED) is 0.195. The van der Waals surface area contributed by atoms with Gasteiger partial charge >= 0.3 is 5.97 Å². The molecule has 190 valence electrons. The lowest BCUT2D eigenvalue weighted by molar-refractivity contribution is -0.225. The number of carbonyl (C=O) groups is 1. The minimum atomic E-state index is -1.30. The number of hydrogen-bond acceptors (Lipinski definition) is 11. The highest BCUT2D eigenvalue weighted by molar-refractivity contribution is 5.73. The number of ether oxygens (including phenoxy) is 2. The van der Waals surface area contributed by atoms with Gasteiger partial charge in [-0.15, -0.1) is 0 Å². The van der Waals surface area contributed by atoms with E-state index >= 15 is 0 Å². The van der Waals surface area contributed by atoms with Crippen LogP contribution in [0.15, 0.2) is 0 Å². The van der Waals surface area contributed by atoms with Crippen molar-refractivity contribution >= 4 is 5.97 Å². The van der Waals surface area contributed by atoms with E-state index in [0.29, 0.717) is 0 Å². The first-order valence-corrected chi connectivity index (χ1v) is 11.9. The molecule has 4 rings (SSSR count). The van der Waals surface area contributed by atoms with E-state index in [1.54, 1.807) is 0 Å². The first-order chi connectivity index (χ1) is 15.5. The van der Waals surface area contributed by atoms with Crippen molar-refractivity contribution in [3.8, 4) is 0 Å². The molecular formula is C22H36O11. The number of aliphatic hydroxyl groups is 8. The van der Waals surface area contributed by atoms with Crippen molar-refractivity contribution in [2.24, 2.45) is 17.8 Å². The molecule has 0 spiro atoms. The standard InChI is InChI=1S/C22H36O11/c23-12-5-10(32-22(31)9-3-15(26)20(30)16(27)4-9)6-18-11(12)7-17(28)21(33-18)8-1-13(24)19(29)14(25)2-8/h8-21,23-30H,1-7H2/t8?,9?,10?,11?,12?,13?,14?,15?,16?,17-,18?,19?,20?,21+/m1/s1. The molecule has 0 aromatic heterocycles. The highest BCUT2D eigenvalue weighted by Crippen LogP contribution is 2.42. The summed E-state index contributed by atoms with van der Waals surface area (Å²) in [6.07, 6.45) is -9.90. The lowest BCUT2D eigenvalue weighted by Gasteiger charge is -2.49. The third kappa shape index (κ3) is 5.21. The summed E-state index contributed by atoms with van der Waals surface area (Å²) in [5.74, 6) is -2.13. The number of esters is 1. The number of fused-ring (bicyclic) bond motifs is 1. The van der Waals surface area contributed by atoms with E-state index in [1.165, 1.54) is 0 Å². The summed E-state index contributed by atoms with van der Waals surface area (Å²) >= 11 is 0. The predicted octanol–water partition coefficient (Wildman–Crippen LogP) is -2.83. The first-order valence-electron chi connectivity index (χ1n) is 11.9. The minimum absolute atomic E-state index is 0.0265. The van der Waals surface area contributed by atoms with Gasteiger partial charge < -0.3 is 50.3 Å². The molecule has 1 saturated heterocycles. The Bertz CT molecular complexity index is 667. The van der Waals surface area contributed by atoms with Gasteiger partial charge in [0.2, 0.25) is 0 Å². The number of rotatable bonds is 3. The van der Waals surface area contributed by atoms with Crippen LogP contribution in [-0.4, -0.2) is 114 Å². The van der Waals surface area contributed by atoms with Crippen molar-refractivity contribution in [1.29, 1.82) is 0 Å². The fourth-order valence-electron chi connectivity index (χ4n) is 6.10. The minimum Gasteiger partial charge on any atom is -0.462 e. The smallest absolute Gasteiger partial charge is 0.309 e. The van der Waals surface area contributed by atoms with Gasteiger partial charge in [-0.3, -0.25) is 4.79 Å². The lowest BCUT2D eigenvalue weighted by Crippen LogP contribution is -2.57. The molecule has 0 bridgehead atoms. The lowest BCUT2D eigenvalue weighted by atomic mass is 9.72. The molecule has 1 aliphatic heterocycles. The molecule has 11 heteroatoms. The average molecular weight is 477 g/mol. The summed E-state index contributed by atoms with van der Waals surface area (Å²) in [4.78, 5) is 12.6. The van der Waals surface area contributed by atoms with Gasteiger partial charge in [-0.2, -0.15) is 0 Å². The third-order valence-corrected chi connectivity index (χ3v) is 7.99. The van der Waals surface area contributed by atoms with Gasteiger partial charge in [0.05, 0.1) is 54.7 Å². The van der Waals surface area contributed by atoms with Gasteiger partial charge in [-0.25, -0.2) is 0 Å². The van der Waals surface area contributed by atoms with Gasteiger partial charge in [0.15, 0.2) is 0 Å². The third-order valence-electron chi connectivity index (χ3n) is 7.99. The number of hydrogen-bond donors (Lipinski definition) is 8. The summed E-state index contributed by atoms with van der Waals surface area (Å²) < 4.78 is 11.7. The number of carbonyl (C=O) groups excluding carboxylic acids is 1. The molecule has 0 aromatic rings. The molecule has 0 amide bonds. The predicted molar refractivity (Wildman–Crippen MR) is 109 cm³/mol. The molecule has 4 aliphatic rings. The van der Waals surface area contributed by atoms with Gasteiger partial charge in [0, 0.05) is 18.8 Å². The Morgan fingerprint density at radius 1 is 0.636 bits per heavy atom. The molecular weight excluding hydrogens is 440 g/mol. The molecule has 3 saturated carbocycles. The highest BCUT2D eigenvalue weighted by atomic mass is 16.6. The second-order valence-corrected chi connectivity index (χ2v) is 10.4. The maximum atomic E-state index is 12.6. The van der Waals surface area contributed by atoms with Crippen molar-refractivity contribution in [2.75, 3.05) is 0 Å². The Kier molecular flexibility index (Phi) is 7.64. The van der Waals surface area contributed by atoms with Crippen molar-refractivity contribution < 1.29 is 55.1 Å². The highest BCUT2D eigenvalue weighted by Gasteiger charge is 2.50. The summed E-state index contributed by atoms with van der Waals surface area (Å²) in [5, 5.41) is 80.5. The molecule has 33 heavy (non-hydrogen) atoms. The van der Waals surface area contributed by atoms with Crippen LogP contribution in [0.5, 0.6) is 0 Å². The van der Waals surface area contributed by atoms with Crippen LogP contribution in [-0.2, 0) is 14.3 Å². The first kappa shape index (κ1) is 25.2. The average Bonchev–Trinajstić information content (AvgIpc) is 2.75. The van der Waals surface area contributed by atoms with Crippen molar-refractivity contribution in [3.63, 3.8) is 0 Å². The molecule has 0 radical (unpaired) electrons. The van der Waals surface area contributed by atoms with E-state index in [0.717, 1.165) is 0 Å². The zero-order valence-electron chi connectivity index (χ0n) is 18.3. The Morgan fingerprint density at radius 2 is 1.18 bits per heavy atom. The fraction of sp³-hybridized carbons (Fsp3) is 0.955. The second-order valence-electron chi connectivity index (χ2n) is 10.4. The largest absolute Gasteiger partial charge is 0.462 e. The van der Waals surface area contributed by atoms with Crippen molar-refractivity contribution in [3.05, 3.63) is 0 Å². The van der Waals surface area contributed by atoms with Gasteiger partial charge in [0.25, 0.3) is 0 Å². The van der Waals surface area contributed by atoms with Crippen LogP contribution in [0.2, 0.25) is 0 Å². The topological polar surface area (TPSA) is 197 Å². The molecule has 8 N–H and O–H groups in total. The molecule has 0 aromatic carbocycles.